The van der Waals surface area contributed by atoms with Crippen LogP contribution in [0.5, 0.6) is 0 Å². The molecule has 1 heterocycles. The molecule has 1 atom stereocenters. The Morgan fingerprint density at radius 1 is 1.53 bits per heavy atom. The molecule has 0 saturated heterocycles. The number of hydrogen-bond donors (Lipinski definition) is 3. The molecule has 1 aliphatic rings. The molecule has 1 unspecified atom stereocenters. The molecule has 4 N–H and O–H groups in total. The number of aliphatic hydroxyl groups is 1. The first-order chi connectivity index (χ1) is 6.79. The Morgan fingerprint density at radius 3 is 2.47 bits per heavy atom. The lowest BCUT2D eigenvalue weighted by Crippen LogP contribution is -2.44. The first kappa shape index (κ1) is 11.7. The average molecular weight is 223 g/mol. The minimum atomic E-state index is -4.59. The maximum Gasteiger partial charge on any atom is 0.417 e. The van der Waals surface area contributed by atoms with Crippen LogP contribution in [0.25, 0.3) is 0 Å². The van der Waals surface area contributed by atoms with Crippen LogP contribution >= 0.6 is 0 Å². The van der Waals surface area contributed by atoms with Crippen molar-refractivity contribution in [3.8, 4) is 0 Å². The maximum absolute atomic E-state index is 12.4. The van der Waals surface area contributed by atoms with Crippen molar-refractivity contribution in [1.29, 1.82) is 0 Å². The molecule has 0 aromatic heterocycles. The number of rotatable bonds is 1. The van der Waals surface area contributed by atoms with Crippen molar-refractivity contribution in [3.05, 3.63) is 23.2 Å². The third-order valence-corrected chi connectivity index (χ3v) is 2.15. The number of halogens is 3. The van der Waals surface area contributed by atoms with Gasteiger partial charge in [0.1, 0.15) is 5.82 Å². The van der Waals surface area contributed by atoms with E-state index in [0.29, 0.717) is 0 Å². The molecule has 0 spiro atoms. The van der Waals surface area contributed by atoms with E-state index < -0.39 is 18.0 Å². The number of nitrogens with one attached hydrogen (secondary N) is 1. The number of nitrogens with zero attached hydrogens (tertiary/aromatic N) is 1. The minimum absolute atomic E-state index is 0.0578. The van der Waals surface area contributed by atoms with Gasteiger partial charge in [-0.25, -0.2) is 0 Å². The third-order valence-electron chi connectivity index (χ3n) is 2.15. The van der Waals surface area contributed by atoms with Crippen LogP contribution in [0, 0.1) is 0 Å². The highest BCUT2D eigenvalue weighted by molar-refractivity contribution is 5.34. The van der Waals surface area contributed by atoms with Crippen molar-refractivity contribution in [2.24, 2.45) is 5.73 Å². The van der Waals surface area contributed by atoms with Crippen LogP contribution in [-0.4, -0.2) is 36.5 Å². The number of aliphatic hydroxyl groups excluding tert-OH is 1. The largest absolute Gasteiger partial charge is 0.417 e. The molecule has 0 aliphatic carbocycles. The summed E-state index contributed by atoms with van der Waals surface area (Å²) in [5.41, 5.74) is 4.29. The highest BCUT2D eigenvalue weighted by atomic mass is 19.4. The Labute approximate surface area is 84.8 Å². The molecule has 0 aromatic carbocycles. The quantitative estimate of drug-likeness (QED) is 0.589. The Kier molecular flexibility index (Phi) is 2.85. The van der Waals surface area contributed by atoms with Crippen molar-refractivity contribution < 1.29 is 18.3 Å². The van der Waals surface area contributed by atoms with E-state index in [1.807, 2.05) is 0 Å². The smallest absolute Gasteiger partial charge is 0.396 e. The van der Waals surface area contributed by atoms with Gasteiger partial charge in [-0.3, -0.25) is 0 Å². The molecule has 0 radical (unpaired) electrons. The summed E-state index contributed by atoms with van der Waals surface area (Å²) in [7, 11) is 2.83. The summed E-state index contributed by atoms with van der Waals surface area (Å²) in [6.45, 7) is 0. The van der Waals surface area contributed by atoms with E-state index >= 15 is 0 Å². The van der Waals surface area contributed by atoms with Crippen molar-refractivity contribution in [1.82, 2.24) is 10.2 Å². The monoisotopic (exact) mass is 223 g/mol. The summed E-state index contributed by atoms with van der Waals surface area (Å²) in [5.74, 6) is 0.260. The standard InChI is InChI=1S/C8H12F3N3O/c1-13-6-5(12)3-4(8(9,10)11)7(15)14(6)2/h3,7,13,15H,12H2,1-2H3. The molecular formula is C8H12F3N3O. The third kappa shape index (κ3) is 2.01. The number of hydrogen-bond acceptors (Lipinski definition) is 4. The van der Waals surface area contributed by atoms with Crippen LogP contribution in [0.1, 0.15) is 0 Å². The summed E-state index contributed by atoms with van der Waals surface area (Å²) >= 11 is 0. The SMILES string of the molecule is CNC1=C(N)C=C(C(F)(F)F)C(O)N1C. The molecule has 1 rings (SSSR count). The molecule has 0 saturated carbocycles. The Morgan fingerprint density at radius 2 is 2.07 bits per heavy atom. The molecule has 15 heavy (non-hydrogen) atoms. The Hall–Kier alpha value is -1.37. The number of alkyl halides is 3. The fourth-order valence-corrected chi connectivity index (χ4v) is 1.39. The van der Waals surface area contributed by atoms with Crippen LogP contribution in [0.4, 0.5) is 13.2 Å². The van der Waals surface area contributed by atoms with Gasteiger partial charge in [0.05, 0.1) is 11.3 Å². The van der Waals surface area contributed by atoms with Gasteiger partial charge in [0.2, 0.25) is 0 Å². The van der Waals surface area contributed by atoms with Gasteiger partial charge in [-0.1, -0.05) is 0 Å². The number of likely N-dealkylation sites (N-methyl/N-ethyl adjacent to an activating group) is 1. The van der Waals surface area contributed by atoms with Gasteiger partial charge < -0.3 is 21.1 Å². The van der Waals surface area contributed by atoms with Crippen LogP contribution in [0.15, 0.2) is 23.2 Å². The van der Waals surface area contributed by atoms with Gasteiger partial charge in [0, 0.05) is 14.1 Å². The van der Waals surface area contributed by atoms with E-state index in [4.69, 9.17) is 5.73 Å². The topological polar surface area (TPSA) is 61.5 Å². The zero-order valence-electron chi connectivity index (χ0n) is 8.26. The van der Waals surface area contributed by atoms with E-state index in [2.05, 4.69) is 5.32 Å². The van der Waals surface area contributed by atoms with Gasteiger partial charge in [-0.05, 0) is 6.08 Å². The predicted octanol–water partition coefficient (Wildman–Crippen LogP) is 0.0861. The summed E-state index contributed by atoms with van der Waals surface area (Å²) in [4.78, 5) is 1.03. The fraction of sp³-hybridized carbons (Fsp3) is 0.500. The lowest BCUT2D eigenvalue weighted by Gasteiger charge is -2.34. The predicted molar refractivity (Wildman–Crippen MR) is 48.2 cm³/mol. The van der Waals surface area contributed by atoms with Crippen molar-refractivity contribution in [2.75, 3.05) is 14.1 Å². The van der Waals surface area contributed by atoms with Gasteiger partial charge in [0.25, 0.3) is 0 Å². The molecule has 0 amide bonds. The van der Waals surface area contributed by atoms with Crippen LogP contribution in [0.3, 0.4) is 0 Å². The van der Waals surface area contributed by atoms with E-state index in [0.717, 1.165) is 11.0 Å². The fourth-order valence-electron chi connectivity index (χ4n) is 1.39. The van der Waals surface area contributed by atoms with Crippen molar-refractivity contribution >= 4 is 0 Å². The van der Waals surface area contributed by atoms with Crippen LogP contribution < -0.4 is 11.1 Å². The van der Waals surface area contributed by atoms with Gasteiger partial charge >= 0.3 is 6.18 Å². The molecule has 86 valence electrons. The normalized spacial score (nSPS) is 22.9. The molecule has 0 aromatic rings. The summed E-state index contributed by atoms with van der Waals surface area (Å²) < 4.78 is 37.2. The lowest BCUT2D eigenvalue weighted by atomic mass is 10.1. The molecule has 7 heteroatoms. The van der Waals surface area contributed by atoms with Crippen molar-refractivity contribution in [3.63, 3.8) is 0 Å². The minimum Gasteiger partial charge on any atom is -0.396 e. The van der Waals surface area contributed by atoms with Gasteiger partial charge in [-0.15, -0.1) is 0 Å². The van der Waals surface area contributed by atoms with Crippen LogP contribution in [0.2, 0.25) is 0 Å². The zero-order valence-corrected chi connectivity index (χ0v) is 8.26. The second-order valence-corrected chi connectivity index (χ2v) is 3.14. The van der Waals surface area contributed by atoms with Gasteiger partial charge in [-0.2, -0.15) is 13.2 Å². The molecule has 0 bridgehead atoms. The van der Waals surface area contributed by atoms with Gasteiger partial charge in [0.15, 0.2) is 6.23 Å². The number of allylic oxidation sites excluding steroid dienone is 1. The van der Waals surface area contributed by atoms with E-state index in [-0.39, 0.29) is 11.5 Å². The average Bonchev–Trinajstić information content (AvgIpc) is 2.10. The molecule has 4 nitrogen and oxygen atoms in total. The van der Waals surface area contributed by atoms with E-state index in [1.165, 1.54) is 14.1 Å². The number of nitrogens with two attached hydrogens (primary N) is 1. The van der Waals surface area contributed by atoms with E-state index in [1.54, 1.807) is 0 Å². The first-order valence-corrected chi connectivity index (χ1v) is 4.16. The molecule has 1 aliphatic heterocycles. The van der Waals surface area contributed by atoms with Crippen LogP contribution in [-0.2, 0) is 0 Å². The first-order valence-electron chi connectivity index (χ1n) is 4.16. The highest BCUT2D eigenvalue weighted by Gasteiger charge is 2.42. The lowest BCUT2D eigenvalue weighted by molar-refractivity contribution is -0.118. The Balaban J connectivity index is 3.17. The summed E-state index contributed by atoms with van der Waals surface area (Å²) in [5, 5.41) is 12.0. The second kappa shape index (κ2) is 3.65. The second-order valence-electron chi connectivity index (χ2n) is 3.14. The summed E-state index contributed by atoms with van der Waals surface area (Å²) in [6, 6.07) is 0. The van der Waals surface area contributed by atoms with Crippen molar-refractivity contribution in [2.45, 2.75) is 12.4 Å². The van der Waals surface area contributed by atoms with E-state index in [9.17, 15) is 18.3 Å². The maximum atomic E-state index is 12.4. The Bertz CT molecular complexity index is 322. The highest BCUT2D eigenvalue weighted by Crippen LogP contribution is 2.33. The molecule has 0 fully saturated rings. The molecular weight excluding hydrogens is 211 g/mol. The summed E-state index contributed by atoms with van der Waals surface area (Å²) in [6.07, 6.45) is -5.59. The zero-order chi connectivity index (χ0) is 11.8.